The number of para-hydroxylation sites is 3. The molecule has 0 saturated carbocycles. The second kappa shape index (κ2) is 15.9. The molecule has 0 amide bonds. The molecular weight excluding hydrogens is 859 g/mol. The van der Waals surface area contributed by atoms with E-state index in [2.05, 4.69) is 164 Å². The van der Waals surface area contributed by atoms with Gasteiger partial charge < -0.3 is 13.9 Å². The monoisotopic (exact) mass is 897 g/mol. The zero-order valence-corrected chi connectivity index (χ0v) is 37.6. The van der Waals surface area contributed by atoms with Gasteiger partial charge in [0.1, 0.15) is 11.2 Å². The van der Waals surface area contributed by atoms with Crippen LogP contribution in [0.15, 0.2) is 241 Å². The van der Waals surface area contributed by atoms with E-state index in [0.29, 0.717) is 40.5 Å². The van der Waals surface area contributed by atoms with Crippen molar-refractivity contribution in [3.05, 3.63) is 259 Å². The van der Waals surface area contributed by atoms with Crippen LogP contribution in [-0.4, -0.2) is 15.0 Å². The smallest absolute Gasteiger partial charge is 0.178 e. The highest BCUT2D eigenvalue weighted by Crippen LogP contribution is 2.63. The third-order valence-corrected chi connectivity index (χ3v) is 13.9. The molecular formula is C64H39N3O3. The lowest BCUT2D eigenvalue weighted by molar-refractivity contribution is 0.361. The standard InChI is InChI=1S/C64H39N3O3/c1-4-18-41(19-5-1)61-65-62(42-36-34-40(35-37-42)45-28-16-29-49-47-25-13-15-32-54(47)69-58(45)49)67-63(66-61)50-26-11-10-24-46(50)48-30-17-33-55-59(48)70-60-56(68-55)39-38-53-57(60)51-27-12-14-31-52(51)64(53,43-20-6-2-7-21-43)44-22-8-3-9-23-44/h1-39H. The van der Waals surface area contributed by atoms with Crippen molar-refractivity contribution in [1.82, 2.24) is 15.0 Å². The summed E-state index contributed by atoms with van der Waals surface area (Å²) in [7, 11) is 0. The highest BCUT2D eigenvalue weighted by molar-refractivity contribution is 6.09. The largest absolute Gasteiger partial charge is 0.455 e. The quantitative estimate of drug-likeness (QED) is 0.159. The molecule has 2 aromatic heterocycles. The van der Waals surface area contributed by atoms with Gasteiger partial charge in [0, 0.05) is 44.2 Å². The first-order valence-corrected chi connectivity index (χ1v) is 23.5. The molecule has 0 spiro atoms. The van der Waals surface area contributed by atoms with Crippen LogP contribution in [0.4, 0.5) is 0 Å². The fourth-order valence-electron chi connectivity index (χ4n) is 10.8. The maximum atomic E-state index is 7.31. The van der Waals surface area contributed by atoms with Gasteiger partial charge in [0.25, 0.3) is 0 Å². The molecule has 14 rings (SSSR count). The lowest BCUT2D eigenvalue weighted by Crippen LogP contribution is -2.28. The molecule has 1 aliphatic heterocycles. The van der Waals surface area contributed by atoms with Crippen LogP contribution >= 0.6 is 0 Å². The van der Waals surface area contributed by atoms with Crippen molar-refractivity contribution in [1.29, 1.82) is 0 Å². The summed E-state index contributed by atoms with van der Waals surface area (Å²) in [6.07, 6.45) is 0. The van der Waals surface area contributed by atoms with Crippen LogP contribution in [0.25, 0.3) is 89.5 Å². The van der Waals surface area contributed by atoms with Crippen molar-refractivity contribution >= 4 is 21.9 Å². The lowest BCUT2D eigenvalue weighted by Gasteiger charge is -2.34. The van der Waals surface area contributed by atoms with Crippen LogP contribution in [0.5, 0.6) is 23.0 Å². The lowest BCUT2D eigenvalue weighted by atomic mass is 9.68. The Hall–Kier alpha value is -9.39. The average Bonchev–Trinajstić information content (AvgIpc) is 3.98. The van der Waals surface area contributed by atoms with Gasteiger partial charge in [-0.3, -0.25) is 0 Å². The van der Waals surface area contributed by atoms with Crippen LogP contribution in [0.3, 0.4) is 0 Å². The van der Waals surface area contributed by atoms with E-state index in [-0.39, 0.29) is 0 Å². The Morgan fingerprint density at radius 1 is 0.314 bits per heavy atom. The molecule has 0 saturated heterocycles. The fraction of sp³-hybridized carbons (Fsp3) is 0.0156. The second-order valence-corrected chi connectivity index (χ2v) is 17.8. The van der Waals surface area contributed by atoms with E-state index in [4.69, 9.17) is 28.8 Å². The van der Waals surface area contributed by atoms with Crippen LogP contribution in [0.1, 0.15) is 22.3 Å². The van der Waals surface area contributed by atoms with Gasteiger partial charge in [-0.05, 0) is 57.1 Å². The maximum Gasteiger partial charge on any atom is 0.178 e. The summed E-state index contributed by atoms with van der Waals surface area (Å²) < 4.78 is 20.6. The molecule has 6 heteroatoms. The van der Waals surface area contributed by atoms with Gasteiger partial charge in [-0.15, -0.1) is 0 Å². The van der Waals surface area contributed by atoms with Crippen LogP contribution in [0.2, 0.25) is 0 Å². The topological polar surface area (TPSA) is 70.3 Å². The Bertz CT molecular complexity index is 3960. The molecule has 0 fully saturated rings. The fourth-order valence-corrected chi connectivity index (χ4v) is 10.8. The first-order chi connectivity index (χ1) is 34.7. The first kappa shape index (κ1) is 39.7. The number of benzene rings is 10. The van der Waals surface area contributed by atoms with Gasteiger partial charge in [-0.2, -0.15) is 0 Å². The summed E-state index contributed by atoms with van der Waals surface area (Å²) in [5, 5.41) is 2.19. The molecule has 0 atom stereocenters. The minimum Gasteiger partial charge on any atom is -0.455 e. The summed E-state index contributed by atoms with van der Waals surface area (Å²) in [4.78, 5) is 15.5. The zero-order valence-electron chi connectivity index (χ0n) is 37.6. The van der Waals surface area contributed by atoms with Crippen molar-refractivity contribution in [3.8, 4) is 90.5 Å². The number of nitrogens with zero attached hydrogens (tertiary/aromatic N) is 3. The Labute approximate surface area is 403 Å². The van der Waals surface area contributed by atoms with Gasteiger partial charge in [0.05, 0.1) is 5.41 Å². The molecule has 6 nitrogen and oxygen atoms in total. The predicted octanol–water partition coefficient (Wildman–Crippen LogP) is 16.4. The van der Waals surface area contributed by atoms with Crippen molar-refractivity contribution in [2.45, 2.75) is 5.41 Å². The van der Waals surface area contributed by atoms with E-state index < -0.39 is 5.41 Å². The number of rotatable bonds is 7. The molecule has 1 aliphatic carbocycles. The normalized spacial score (nSPS) is 12.9. The Kier molecular flexibility index (Phi) is 9.01. The number of hydrogen-bond acceptors (Lipinski definition) is 6. The second-order valence-electron chi connectivity index (χ2n) is 17.8. The highest BCUT2D eigenvalue weighted by Gasteiger charge is 2.48. The van der Waals surface area contributed by atoms with E-state index in [9.17, 15) is 0 Å². The number of hydrogen-bond donors (Lipinski definition) is 0. The first-order valence-electron chi connectivity index (χ1n) is 23.5. The van der Waals surface area contributed by atoms with Gasteiger partial charge in [-0.25, -0.2) is 15.0 Å². The molecule has 0 bridgehead atoms. The summed E-state index contributed by atoms with van der Waals surface area (Å²) >= 11 is 0. The maximum absolute atomic E-state index is 7.31. The van der Waals surface area contributed by atoms with Crippen molar-refractivity contribution in [2.75, 3.05) is 0 Å². The number of furan rings is 1. The van der Waals surface area contributed by atoms with E-state index in [1.807, 2.05) is 72.8 Å². The zero-order chi connectivity index (χ0) is 46.2. The van der Waals surface area contributed by atoms with E-state index in [1.165, 1.54) is 16.7 Å². The Balaban J connectivity index is 0.896. The molecule has 0 unspecified atom stereocenters. The SMILES string of the molecule is c1ccc(-c2nc(-c3ccc(-c4cccc5c4oc4ccccc45)cc3)nc(-c3ccccc3-c3cccc4c3Oc3c(ccc5c3-c3ccccc3C5(c3ccccc3)c3ccccc3)O4)n2)cc1. The number of ether oxygens (including phenoxy) is 2. The molecule has 328 valence electrons. The van der Waals surface area contributed by atoms with Gasteiger partial charge in [-0.1, -0.05) is 218 Å². The molecule has 0 radical (unpaired) electrons. The Morgan fingerprint density at radius 2 is 0.857 bits per heavy atom. The predicted molar refractivity (Wildman–Crippen MR) is 278 cm³/mol. The van der Waals surface area contributed by atoms with Crippen LogP contribution in [0, 0.1) is 0 Å². The van der Waals surface area contributed by atoms with Crippen LogP contribution < -0.4 is 9.47 Å². The van der Waals surface area contributed by atoms with E-state index in [1.54, 1.807) is 0 Å². The van der Waals surface area contributed by atoms with Crippen molar-refractivity contribution in [3.63, 3.8) is 0 Å². The molecule has 2 aliphatic rings. The van der Waals surface area contributed by atoms with Crippen molar-refractivity contribution < 1.29 is 13.9 Å². The molecule has 3 heterocycles. The summed E-state index contributed by atoms with van der Waals surface area (Å²) in [6.45, 7) is 0. The molecule has 0 N–H and O–H groups in total. The molecule has 70 heavy (non-hydrogen) atoms. The summed E-state index contributed by atoms with van der Waals surface area (Å²) in [5.74, 6) is 4.27. The van der Waals surface area contributed by atoms with Gasteiger partial charge in [0.15, 0.2) is 40.5 Å². The number of aromatic nitrogens is 3. The molecule has 10 aromatic carbocycles. The summed E-state index contributed by atoms with van der Waals surface area (Å²) in [6, 6.07) is 81.8. The average molecular weight is 898 g/mol. The van der Waals surface area contributed by atoms with E-state index in [0.717, 1.165) is 77.6 Å². The van der Waals surface area contributed by atoms with Gasteiger partial charge >= 0.3 is 0 Å². The van der Waals surface area contributed by atoms with Crippen molar-refractivity contribution in [2.24, 2.45) is 0 Å². The van der Waals surface area contributed by atoms with E-state index >= 15 is 0 Å². The minimum atomic E-state index is -0.588. The third kappa shape index (κ3) is 6.10. The summed E-state index contributed by atoms with van der Waals surface area (Å²) in [5.41, 5.74) is 14.4. The number of fused-ring (bicyclic) bond motifs is 9. The third-order valence-electron chi connectivity index (χ3n) is 13.9. The van der Waals surface area contributed by atoms with Crippen LogP contribution in [-0.2, 0) is 5.41 Å². The minimum absolute atomic E-state index is 0.538. The van der Waals surface area contributed by atoms with Gasteiger partial charge in [0.2, 0.25) is 0 Å². The highest BCUT2D eigenvalue weighted by atomic mass is 16.6. The molecule has 12 aromatic rings. The Morgan fingerprint density at radius 3 is 1.61 bits per heavy atom.